The summed E-state index contributed by atoms with van der Waals surface area (Å²) >= 11 is 0. The van der Waals surface area contributed by atoms with E-state index in [0.29, 0.717) is 0 Å². The zero-order chi connectivity index (χ0) is 14.0. The van der Waals surface area contributed by atoms with Gasteiger partial charge >= 0.3 is 12.3 Å². The van der Waals surface area contributed by atoms with Gasteiger partial charge in [0.15, 0.2) is 0 Å². The molecule has 0 aromatic carbocycles. The van der Waals surface area contributed by atoms with E-state index in [2.05, 4.69) is 4.98 Å². The molecule has 3 N–H and O–H groups in total. The zero-order valence-corrected chi connectivity index (χ0v) is 9.59. The van der Waals surface area contributed by atoms with Crippen LogP contribution in [0.2, 0.25) is 0 Å². The summed E-state index contributed by atoms with van der Waals surface area (Å²) in [4.78, 5) is 3.01. The molecule has 0 aliphatic rings. The average Bonchev–Trinajstić information content (AvgIpc) is 2.27. The molecule has 0 amide bonds. The van der Waals surface area contributed by atoms with E-state index in [4.69, 9.17) is 5.73 Å². The first-order valence-corrected chi connectivity index (χ1v) is 6.00. The quantitative estimate of drug-likeness (QED) is 0.786. The molecular formula is C8H9F4N3O2S. The van der Waals surface area contributed by atoms with Crippen molar-refractivity contribution in [2.45, 2.75) is 17.2 Å². The number of nitrogens with one attached hydrogen (secondary N) is 1. The van der Waals surface area contributed by atoms with Crippen molar-refractivity contribution < 1.29 is 26.0 Å². The van der Waals surface area contributed by atoms with Crippen LogP contribution in [-0.2, 0) is 10.0 Å². The van der Waals surface area contributed by atoms with Gasteiger partial charge in [0.1, 0.15) is 10.7 Å². The number of halogens is 4. The Morgan fingerprint density at radius 1 is 1.39 bits per heavy atom. The lowest BCUT2D eigenvalue weighted by Crippen LogP contribution is -2.41. The van der Waals surface area contributed by atoms with E-state index < -0.39 is 33.8 Å². The second-order valence-electron chi connectivity index (χ2n) is 3.31. The molecule has 0 bridgehead atoms. The fourth-order valence-corrected chi connectivity index (χ4v) is 1.89. The van der Waals surface area contributed by atoms with Crippen molar-refractivity contribution in [3.8, 4) is 0 Å². The summed E-state index contributed by atoms with van der Waals surface area (Å²) in [5.74, 6) is -4.40. The summed E-state index contributed by atoms with van der Waals surface area (Å²) in [5, 5.41) is 0. The maximum atomic E-state index is 12.5. The van der Waals surface area contributed by atoms with Gasteiger partial charge in [0.05, 0.1) is 6.54 Å². The lowest BCUT2D eigenvalue weighted by molar-refractivity contribution is -0.122. The minimum Gasteiger partial charge on any atom is -0.384 e. The van der Waals surface area contributed by atoms with Gasteiger partial charge in [-0.15, -0.1) is 0 Å². The number of hydrogen-bond acceptors (Lipinski definition) is 4. The molecule has 10 heteroatoms. The maximum absolute atomic E-state index is 12.5. The Kier molecular flexibility index (Phi) is 4.12. The Labute approximate surface area is 100 Å². The minimum atomic E-state index is -4.44. The minimum absolute atomic E-state index is 0.0341. The Bertz CT molecular complexity index is 504. The van der Waals surface area contributed by atoms with Gasteiger partial charge in [-0.1, -0.05) is 0 Å². The van der Waals surface area contributed by atoms with Crippen molar-refractivity contribution in [1.29, 1.82) is 0 Å². The number of nitrogen functional groups attached to an aromatic ring is 1. The Balaban J connectivity index is 2.81. The van der Waals surface area contributed by atoms with Crippen molar-refractivity contribution in [1.82, 2.24) is 9.71 Å². The van der Waals surface area contributed by atoms with E-state index >= 15 is 0 Å². The molecule has 0 saturated carbocycles. The summed E-state index contributed by atoms with van der Waals surface area (Å²) in [6.45, 7) is -1.70. The molecule has 0 fully saturated rings. The van der Waals surface area contributed by atoms with Crippen LogP contribution in [-0.4, -0.2) is 32.3 Å². The van der Waals surface area contributed by atoms with Crippen LogP contribution in [0.15, 0.2) is 23.2 Å². The van der Waals surface area contributed by atoms with Gasteiger partial charge in [-0.2, -0.15) is 8.78 Å². The third-order valence-electron chi connectivity index (χ3n) is 1.89. The molecule has 0 atom stereocenters. The summed E-state index contributed by atoms with van der Waals surface area (Å²) < 4.78 is 73.0. The van der Waals surface area contributed by atoms with Crippen LogP contribution in [0.25, 0.3) is 0 Å². The van der Waals surface area contributed by atoms with Crippen LogP contribution in [0.5, 0.6) is 0 Å². The molecule has 1 aromatic heterocycles. The third-order valence-corrected chi connectivity index (χ3v) is 3.27. The van der Waals surface area contributed by atoms with Gasteiger partial charge in [0.2, 0.25) is 10.0 Å². The van der Waals surface area contributed by atoms with E-state index in [1.165, 1.54) is 4.72 Å². The number of rotatable bonds is 5. The monoisotopic (exact) mass is 287 g/mol. The topological polar surface area (TPSA) is 85.1 Å². The number of nitrogens with zero attached hydrogens (tertiary/aromatic N) is 1. The molecule has 0 aliphatic heterocycles. The summed E-state index contributed by atoms with van der Waals surface area (Å²) in [7, 11) is -4.33. The van der Waals surface area contributed by atoms with Crippen molar-refractivity contribution in [3.05, 3.63) is 18.3 Å². The largest absolute Gasteiger partial charge is 0.384 e. The lowest BCUT2D eigenvalue weighted by Gasteiger charge is -2.15. The molecule has 1 rings (SSSR count). The van der Waals surface area contributed by atoms with Crippen molar-refractivity contribution in [2.24, 2.45) is 0 Å². The first-order valence-electron chi connectivity index (χ1n) is 4.52. The third kappa shape index (κ3) is 3.53. The van der Waals surface area contributed by atoms with Crippen LogP contribution in [0.1, 0.15) is 0 Å². The Morgan fingerprint density at radius 2 is 2.00 bits per heavy atom. The summed E-state index contributed by atoms with van der Waals surface area (Å²) in [6, 6.07) is 2.16. The number of pyridine rings is 1. The normalized spacial score (nSPS) is 12.9. The first-order chi connectivity index (χ1) is 8.15. The number of anilines is 1. The van der Waals surface area contributed by atoms with Crippen LogP contribution in [0.3, 0.4) is 0 Å². The van der Waals surface area contributed by atoms with Crippen LogP contribution < -0.4 is 10.5 Å². The number of hydrogen-bond donors (Lipinski definition) is 2. The molecular weight excluding hydrogens is 278 g/mol. The van der Waals surface area contributed by atoms with Crippen LogP contribution in [0, 0.1) is 0 Å². The van der Waals surface area contributed by atoms with Gasteiger partial charge < -0.3 is 5.73 Å². The second-order valence-corrected chi connectivity index (χ2v) is 5.07. The SMILES string of the molecule is Nc1ccc(S(=O)(=O)NCC(F)(F)C(F)F)cn1. The van der Waals surface area contributed by atoms with Gasteiger partial charge in [-0.3, -0.25) is 0 Å². The van der Waals surface area contributed by atoms with Gasteiger partial charge in [0.25, 0.3) is 0 Å². The number of alkyl halides is 4. The van der Waals surface area contributed by atoms with Crippen LogP contribution >= 0.6 is 0 Å². The Morgan fingerprint density at radius 3 is 2.44 bits per heavy atom. The molecule has 102 valence electrons. The standard InChI is InChI=1S/C8H9F4N3O2S/c9-7(10)8(11,12)4-15-18(16,17)5-1-2-6(13)14-3-5/h1-3,7,15H,4H2,(H2,13,14). The van der Waals surface area contributed by atoms with E-state index in [0.717, 1.165) is 18.3 Å². The van der Waals surface area contributed by atoms with E-state index in [1.807, 2.05) is 0 Å². The highest BCUT2D eigenvalue weighted by Gasteiger charge is 2.41. The molecule has 0 aliphatic carbocycles. The molecule has 0 radical (unpaired) electrons. The second kappa shape index (κ2) is 5.06. The molecule has 0 spiro atoms. The molecule has 0 saturated heterocycles. The molecule has 1 heterocycles. The van der Waals surface area contributed by atoms with E-state index in [-0.39, 0.29) is 5.82 Å². The fourth-order valence-electron chi connectivity index (χ4n) is 0.902. The van der Waals surface area contributed by atoms with Gasteiger partial charge in [-0.25, -0.2) is 26.9 Å². The number of aromatic nitrogens is 1. The molecule has 1 aromatic rings. The van der Waals surface area contributed by atoms with E-state index in [1.54, 1.807) is 0 Å². The Hall–Kier alpha value is -1.42. The lowest BCUT2D eigenvalue weighted by atomic mass is 10.4. The average molecular weight is 287 g/mol. The maximum Gasteiger partial charge on any atom is 0.320 e. The van der Waals surface area contributed by atoms with Gasteiger partial charge in [0, 0.05) is 6.20 Å². The number of sulfonamides is 1. The van der Waals surface area contributed by atoms with Crippen molar-refractivity contribution >= 4 is 15.8 Å². The first kappa shape index (κ1) is 14.6. The highest BCUT2D eigenvalue weighted by Crippen LogP contribution is 2.22. The fraction of sp³-hybridized carbons (Fsp3) is 0.375. The molecule has 5 nitrogen and oxygen atoms in total. The molecule has 18 heavy (non-hydrogen) atoms. The number of nitrogens with two attached hydrogens (primary N) is 1. The summed E-state index contributed by atoms with van der Waals surface area (Å²) in [6.07, 6.45) is -3.12. The highest BCUT2D eigenvalue weighted by molar-refractivity contribution is 7.89. The van der Waals surface area contributed by atoms with Crippen molar-refractivity contribution in [3.63, 3.8) is 0 Å². The predicted octanol–water partition coefficient (Wildman–Crippen LogP) is 0.842. The van der Waals surface area contributed by atoms with Gasteiger partial charge in [-0.05, 0) is 12.1 Å². The highest BCUT2D eigenvalue weighted by atomic mass is 32.2. The smallest absolute Gasteiger partial charge is 0.320 e. The summed E-state index contributed by atoms with van der Waals surface area (Å²) in [5.41, 5.74) is 5.21. The van der Waals surface area contributed by atoms with Crippen LogP contribution in [0.4, 0.5) is 23.4 Å². The van der Waals surface area contributed by atoms with Crippen molar-refractivity contribution in [2.75, 3.05) is 12.3 Å². The van der Waals surface area contributed by atoms with E-state index in [9.17, 15) is 26.0 Å². The predicted molar refractivity (Wildman–Crippen MR) is 54.8 cm³/mol. The zero-order valence-electron chi connectivity index (χ0n) is 8.78. The molecule has 0 unspecified atom stereocenters.